The van der Waals surface area contributed by atoms with Crippen LogP contribution in [-0.4, -0.2) is 48.3 Å². The Balaban J connectivity index is 1.31. The smallest absolute Gasteiger partial charge is 0.241 e. The summed E-state index contributed by atoms with van der Waals surface area (Å²) in [6, 6.07) is 10.2. The fourth-order valence-corrected chi connectivity index (χ4v) is 3.87. The van der Waals surface area contributed by atoms with E-state index in [2.05, 4.69) is 20.4 Å². The Kier molecular flexibility index (Phi) is 6.88. The van der Waals surface area contributed by atoms with Gasteiger partial charge in [0, 0.05) is 17.2 Å². The standard InChI is InChI=1S/C24H27FN4O4/c1-15-4-6-18(13-19(15)25)26-24(30)16-8-10-29(11-9-16)14-22-27-23(28-33-22)17-5-7-20(31-2)21(12-17)32-3/h4-7,12-13,16H,8-11,14H2,1-3H3,(H,26,30). The summed E-state index contributed by atoms with van der Waals surface area (Å²) < 4.78 is 29.8. The quantitative estimate of drug-likeness (QED) is 0.576. The van der Waals surface area contributed by atoms with E-state index in [9.17, 15) is 9.18 Å². The zero-order valence-corrected chi connectivity index (χ0v) is 18.9. The topological polar surface area (TPSA) is 89.7 Å². The monoisotopic (exact) mass is 454 g/mol. The van der Waals surface area contributed by atoms with Gasteiger partial charge in [0.15, 0.2) is 11.5 Å². The minimum absolute atomic E-state index is 0.0774. The summed E-state index contributed by atoms with van der Waals surface area (Å²) in [4.78, 5) is 19.3. The van der Waals surface area contributed by atoms with E-state index in [-0.39, 0.29) is 17.6 Å². The van der Waals surface area contributed by atoms with Crippen LogP contribution in [0.1, 0.15) is 24.3 Å². The average molecular weight is 455 g/mol. The van der Waals surface area contributed by atoms with Crippen LogP contribution in [0, 0.1) is 18.7 Å². The molecule has 1 aromatic heterocycles. The lowest BCUT2D eigenvalue weighted by atomic mass is 9.96. The van der Waals surface area contributed by atoms with Crippen molar-refractivity contribution in [3.8, 4) is 22.9 Å². The highest BCUT2D eigenvalue weighted by atomic mass is 19.1. The van der Waals surface area contributed by atoms with Crippen LogP contribution in [0.3, 0.4) is 0 Å². The number of anilines is 1. The number of halogens is 1. The molecule has 0 aliphatic carbocycles. The second-order valence-corrected chi connectivity index (χ2v) is 8.09. The van der Waals surface area contributed by atoms with Crippen LogP contribution < -0.4 is 14.8 Å². The third kappa shape index (κ3) is 5.31. The van der Waals surface area contributed by atoms with Crippen LogP contribution in [0.15, 0.2) is 40.9 Å². The summed E-state index contributed by atoms with van der Waals surface area (Å²) in [6.07, 6.45) is 1.41. The zero-order chi connectivity index (χ0) is 23.4. The van der Waals surface area contributed by atoms with E-state index in [0.29, 0.717) is 53.9 Å². The molecular weight excluding hydrogens is 427 g/mol. The fraction of sp³-hybridized carbons (Fsp3) is 0.375. The Hall–Kier alpha value is -3.46. The molecule has 0 radical (unpaired) electrons. The number of aromatic nitrogens is 2. The van der Waals surface area contributed by atoms with Crippen molar-refractivity contribution in [1.29, 1.82) is 0 Å². The number of carbonyl (C=O) groups excluding carboxylic acids is 1. The van der Waals surface area contributed by atoms with Gasteiger partial charge in [0.05, 0.1) is 20.8 Å². The van der Waals surface area contributed by atoms with Crippen molar-refractivity contribution in [2.75, 3.05) is 32.6 Å². The molecule has 33 heavy (non-hydrogen) atoms. The number of benzene rings is 2. The summed E-state index contributed by atoms with van der Waals surface area (Å²) in [5.74, 6) is 1.69. The molecule has 1 saturated heterocycles. The number of piperidine rings is 1. The maximum atomic E-state index is 13.7. The van der Waals surface area contributed by atoms with Gasteiger partial charge in [-0.05, 0) is 68.8 Å². The van der Waals surface area contributed by atoms with Crippen molar-refractivity contribution in [2.45, 2.75) is 26.3 Å². The van der Waals surface area contributed by atoms with Crippen LogP contribution in [0.2, 0.25) is 0 Å². The molecule has 1 amide bonds. The molecule has 2 aromatic carbocycles. The van der Waals surface area contributed by atoms with Crippen molar-refractivity contribution in [3.05, 3.63) is 53.7 Å². The molecule has 9 heteroatoms. The summed E-state index contributed by atoms with van der Waals surface area (Å²) in [5.41, 5.74) is 1.81. The first-order valence-electron chi connectivity index (χ1n) is 10.8. The Bertz CT molecular complexity index is 1130. The Morgan fingerprint density at radius 1 is 1.15 bits per heavy atom. The first kappa shape index (κ1) is 22.7. The van der Waals surface area contributed by atoms with Crippen molar-refractivity contribution in [3.63, 3.8) is 0 Å². The highest BCUT2D eigenvalue weighted by Gasteiger charge is 2.26. The summed E-state index contributed by atoms with van der Waals surface area (Å²) >= 11 is 0. The maximum absolute atomic E-state index is 13.7. The number of nitrogens with one attached hydrogen (secondary N) is 1. The number of nitrogens with zero attached hydrogens (tertiary/aromatic N) is 3. The zero-order valence-electron chi connectivity index (χ0n) is 18.9. The third-order valence-corrected chi connectivity index (χ3v) is 5.87. The Morgan fingerprint density at radius 3 is 2.61 bits per heavy atom. The average Bonchev–Trinajstić information content (AvgIpc) is 3.30. The lowest BCUT2D eigenvalue weighted by Gasteiger charge is -2.30. The van der Waals surface area contributed by atoms with E-state index in [1.165, 1.54) is 6.07 Å². The molecule has 1 fully saturated rings. The van der Waals surface area contributed by atoms with Crippen molar-refractivity contribution in [2.24, 2.45) is 5.92 Å². The van der Waals surface area contributed by atoms with Gasteiger partial charge in [-0.1, -0.05) is 11.2 Å². The number of likely N-dealkylation sites (tertiary alicyclic amines) is 1. The molecule has 174 valence electrons. The van der Waals surface area contributed by atoms with Gasteiger partial charge in [0.2, 0.25) is 17.6 Å². The van der Waals surface area contributed by atoms with Gasteiger partial charge < -0.3 is 19.3 Å². The molecule has 2 heterocycles. The van der Waals surface area contributed by atoms with Crippen LogP contribution in [-0.2, 0) is 11.3 Å². The van der Waals surface area contributed by atoms with E-state index < -0.39 is 0 Å². The lowest BCUT2D eigenvalue weighted by Crippen LogP contribution is -2.37. The molecule has 0 spiro atoms. The molecular formula is C24H27FN4O4. The highest BCUT2D eigenvalue weighted by molar-refractivity contribution is 5.92. The van der Waals surface area contributed by atoms with Crippen LogP contribution in [0.5, 0.6) is 11.5 Å². The van der Waals surface area contributed by atoms with Crippen LogP contribution in [0.25, 0.3) is 11.4 Å². The van der Waals surface area contributed by atoms with Gasteiger partial charge in [-0.2, -0.15) is 4.98 Å². The van der Waals surface area contributed by atoms with Crippen molar-refractivity contribution < 1.29 is 23.2 Å². The van der Waals surface area contributed by atoms with Crippen molar-refractivity contribution >= 4 is 11.6 Å². The molecule has 0 bridgehead atoms. The number of methoxy groups -OCH3 is 2. The summed E-state index contributed by atoms with van der Waals surface area (Å²) in [7, 11) is 3.16. The second kappa shape index (κ2) is 9.99. The molecule has 4 rings (SSSR count). The molecule has 0 saturated carbocycles. The number of hydrogen-bond acceptors (Lipinski definition) is 7. The molecule has 0 unspecified atom stereocenters. The number of aryl methyl sites for hydroxylation is 1. The van der Waals surface area contributed by atoms with Crippen LogP contribution >= 0.6 is 0 Å². The van der Waals surface area contributed by atoms with E-state index in [1.54, 1.807) is 45.4 Å². The third-order valence-electron chi connectivity index (χ3n) is 5.87. The number of hydrogen-bond donors (Lipinski definition) is 1. The Labute approximate surface area is 191 Å². The van der Waals surface area contributed by atoms with Gasteiger partial charge in [0.1, 0.15) is 5.82 Å². The van der Waals surface area contributed by atoms with E-state index >= 15 is 0 Å². The number of rotatable bonds is 7. The minimum Gasteiger partial charge on any atom is -0.493 e. The van der Waals surface area contributed by atoms with E-state index in [1.807, 2.05) is 6.07 Å². The summed E-state index contributed by atoms with van der Waals surface area (Å²) in [5, 5.41) is 6.91. The van der Waals surface area contributed by atoms with E-state index in [0.717, 1.165) is 18.7 Å². The molecule has 0 atom stereocenters. The molecule has 1 N–H and O–H groups in total. The summed E-state index contributed by atoms with van der Waals surface area (Å²) in [6.45, 7) is 3.66. The first-order chi connectivity index (χ1) is 16.0. The van der Waals surface area contributed by atoms with Crippen LogP contribution in [0.4, 0.5) is 10.1 Å². The largest absolute Gasteiger partial charge is 0.493 e. The highest BCUT2D eigenvalue weighted by Crippen LogP contribution is 2.31. The predicted molar refractivity (Wildman–Crippen MR) is 121 cm³/mol. The van der Waals surface area contributed by atoms with Gasteiger partial charge in [-0.25, -0.2) is 4.39 Å². The lowest BCUT2D eigenvalue weighted by molar-refractivity contribution is -0.121. The number of amides is 1. The minimum atomic E-state index is -0.324. The second-order valence-electron chi connectivity index (χ2n) is 8.09. The normalized spacial score (nSPS) is 14.8. The fourth-order valence-electron chi connectivity index (χ4n) is 3.87. The first-order valence-corrected chi connectivity index (χ1v) is 10.8. The SMILES string of the molecule is COc1ccc(-c2noc(CN3CCC(C(=O)Nc4ccc(C)c(F)c4)CC3)n2)cc1OC. The molecule has 1 aliphatic heterocycles. The van der Waals surface area contributed by atoms with Crippen molar-refractivity contribution in [1.82, 2.24) is 15.0 Å². The molecule has 1 aliphatic rings. The predicted octanol–water partition coefficient (Wildman–Crippen LogP) is 4.05. The van der Waals surface area contributed by atoms with Gasteiger partial charge in [-0.3, -0.25) is 9.69 Å². The van der Waals surface area contributed by atoms with Gasteiger partial charge >= 0.3 is 0 Å². The Morgan fingerprint density at radius 2 is 1.91 bits per heavy atom. The van der Waals surface area contributed by atoms with E-state index in [4.69, 9.17) is 14.0 Å². The van der Waals surface area contributed by atoms with Gasteiger partial charge in [-0.15, -0.1) is 0 Å². The molecule has 3 aromatic rings. The maximum Gasteiger partial charge on any atom is 0.241 e. The number of carbonyl (C=O) groups is 1. The number of ether oxygens (including phenoxy) is 2. The molecule has 8 nitrogen and oxygen atoms in total. The van der Waals surface area contributed by atoms with Gasteiger partial charge in [0.25, 0.3) is 0 Å².